The summed E-state index contributed by atoms with van der Waals surface area (Å²) in [5.74, 6) is 0.283. The largest absolute Gasteiger partial charge is 0.380 e. The van der Waals surface area contributed by atoms with E-state index in [1.165, 1.54) is 4.52 Å². The lowest BCUT2D eigenvalue weighted by molar-refractivity contribution is 0.839. The van der Waals surface area contributed by atoms with Gasteiger partial charge in [-0.1, -0.05) is 35.5 Å². The summed E-state index contributed by atoms with van der Waals surface area (Å²) in [6.07, 6.45) is 0. The molecule has 0 aliphatic carbocycles. The lowest BCUT2D eigenvalue weighted by Crippen LogP contribution is -2.14. The molecule has 0 bridgehead atoms. The van der Waals surface area contributed by atoms with Gasteiger partial charge in [-0.3, -0.25) is 4.79 Å². The summed E-state index contributed by atoms with van der Waals surface area (Å²) >= 11 is 0. The minimum atomic E-state index is -0.182. The molecule has 0 spiro atoms. The highest BCUT2D eigenvalue weighted by atomic mass is 16.1. The van der Waals surface area contributed by atoms with E-state index in [9.17, 15) is 4.79 Å². The standard InChI is InChI=1S/C13H8N4O/c14-12-11-8-5-1-3-7-4-2-6-9(10(7)8)13(18)17(11)16-15-12/h1-6H,14H2. The number of benzene rings is 2. The molecular formula is C13H8N4O. The molecule has 0 amide bonds. The van der Waals surface area contributed by atoms with Crippen LogP contribution >= 0.6 is 0 Å². The minimum absolute atomic E-state index is 0.182. The van der Waals surface area contributed by atoms with E-state index < -0.39 is 0 Å². The zero-order chi connectivity index (χ0) is 12.3. The highest BCUT2D eigenvalue weighted by Gasteiger charge is 2.14. The fraction of sp³-hybridized carbons (Fsp3) is 0. The van der Waals surface area contributed by atoms with Gasteiger partial charge in [0.05, 0.1) is 5.39 Å². The third-order valence-corrected chi connectivity index (χ3v) is 3.28. The van der Waals surface area contributed by atoms with Crippen molar-refractivity contribution in [1.29, 1.82) is 0 Å². The molecule has 2 aromatic heterocycles. The quantitative estimate of drug-likeness (QED) is 0.501. The van der Waals surface area contributed by atoms with Crippen LogP contribution in [-0.2, 0) is 0 Å². The van der Waals surface area contributed by atoms with Crippen molar-refractivity contribution in [2.24, 2.45) is 0 Å². The summed E-state index contributed by atoms with van der Waals surface area (Å²) in [5, 5.41) is 11.1. The van der Waals surface area contributed by atoms with Crippen LogP contribution in [0, 0.1) is 0 Å². The van der Waals surface area contributed by atoms with Crippen LogP contribution in [-0.4, -0.2) is 14.8 Å². The van der Waals surface area contributed by atoms with Crippen LogP contribution in [0.15, 0.2) is 41.2 Å². The Labute approximate surface area is 101 Å². The summed E-state index contributed by atoms with van der Waals surface area (Å²) < 4.78 is 1.27. The molecule has 0 radical (unpaired) electrons. The van der Waals surface area contributed by atoms with E-state index in [2.05, 4.69) is 10.3 Å². The van der Waals surface area contributed by atoms with Gasteiger partial charge in [-0.05, 0) is 11.5 Å². The molecule has 2 N–H and O–H groups in total. The predicted molar refractivity (Wildman–Crippen MR) is 69.9 cm³/mol. The Morgan fingerprint density at radius 3 is 2.56 bits per heavy atom. The number of rotatable bonds is 0. The highest BCUT2D eigenvalue weighted by molar-refractivity contribution is 6.16. The Kier molecular flexibility index (Phi) is 1.53. The van der Waals surface area contributed by atoms with Crippen LogP contribution < -0.4 is 11.3 Å². The van der Waals surface area contributed by atoms with E-state index in [-0.39, 0.29) is 11.4 Å². The van der Waals surface area contributed by atoms with Crippen LogP contribution in [0.5, 0.6) is 0 Å². The fourth-order valence-electron chi connectivity index (χ4n) is 2.52. The van der Waals surface area contributed by atoms with Gasteiger partial charge in [-0.2, -0.15) is 4.52 Å². The molecule has 5 heteroatoms. The van der Waals surface area contributed by atoms with Gasteiger partial charge in [0.15, 0.2) is 5.82 Å². The molecular weight excluding hydrogens is 228 g/mol. The van der Waals surface area contributed by atoms with Crippen molar-refractivity contribution in [1.82, 2.24) is 14.8 Å². The van der Waals surface area contributed by atoms with Crippen molar-refractivity contribution >= 4 is 32.9 Å². The SMILES string of the molecule is Nc1nnn2c(=O)c3cccc4cccc(c43)c12. The van der Waals surface area contributed by atoms with Crippen molar-refractivity contribution in [3.8, 4) is 0 Å². The van der Waals surface area contributed by atoms with Crippen molar-refractivity contribution in [2.75, 3.05) is 5.73 Å². The third-order valence-electron chi connectivity index (χ3n) is 3.28. The maximum Gasteiger partial charge on any atom is 0.280 e. The Hall–Kier alpha value is -2.69. The van der Waals surface area contributed by atoms with E-state index in [1.54, 1.807) is 6.07 Å². The minimum Gasteiger partial charge on any atom is -0.380 e. The van der Waals surface area contributed by atoms with Crippen LogP contribution in [0.3, 0.4) is 0 Å². The molecule has 2 aromatic carbocycles. The molecule has 18 heavy (non-hydrogen) atoms. The van der Waals surface area contributed by atoms with Gasteiger partial charge in [0.2, 0.25) is 0 Å². The molecule has 0 aliphatic heterocycles. The summed E-state index contributed by atoms with van der Waals surface area (Å²) in [6, 6.07) is 11.5. The highest BCUT2D eigenvalue weighted by Crippen LogP contribution is 2.28. The summed E-state index contributed by atoms with van der Waals surface area (Å²) in [7, 11) is 0. The smallest absolute Gasteiger partial charge is 0.280 e. The van der Waals surface area contributed by atoms with E-state index in [0.29, 0.717) is 10.9 Å². The molecule has 4 aromatic rings. The maximum atomic E-state index is 12.3. The zero-order valence-corrected chi connectivity index (χ0v) is 9.29. The van der Waals surface area contributed by atoms with Crippen LogP contribution in [0.2, 0.25) is 0 Å². The van der Waals surface area contributed by atoms with Gasteiger partial charge >= 0.3 is 0 Å². The Balaban J connectivity index is 2.55. The van der Waals surface area contributed by atoms with Gasteiger partial charge in [0.1, 0.15) is 5.52 Å². The number of fused-ring (bicyclic) bond motifs is 2. The maximum absolute atomic E-state index is 12.3. The molecule has 0 saturated carbocycles. The van der Waals surface area contributed by atoms with Crippen LogP contribution in [0.4, 0.5) is 5.82 Å². The van der Waals surface area contributed by atoms with E-state index in [0.717, 1.165) is 16.2 Å². The van der Waals surface area contributed by atoms with Crippen molar-refractivity contribution < 1.29 is 0 Å². The molecule has 4 rings (SSSR count). The number of nitrogens with two attached hydrogens (primary N) is 1. The van der Waals surface area contributed by atoms with Crippen molar-refractivity contribution in [3.63, 3.8) is 0 Å². The predicted octanol–water partition coefficient (Wildman–Crippen LogP) is 1.42. The number of pyridine rings is 1. The number of nitrogen functional groups attached to an aromatic ring is 1. The Morgan fingerprint density at radius 1 is 1.06 bits per heavy atom. The first-order valence-electron chi connectivity index (χ1n) is 5.55. The topological polar surface area (TPSA) is 73.3 Å². The van der Waals surface area contributed by atoms with Crippen LogP contribution in [0.1, 0.15) is 0 Å². The molecule has 0 aliphatic rings. The summed E-state index contributed by atoms with van der Waals surface area (Å²) in [6.45, 7) is 0. The molecule has 5 nitrogen and oxygen atoms in total. The van der Waals surface area contributed by atoms with Crippen LogP contribution in [0.25, 0.3) is 27.1 Å². The molecule has 0 unspecified atom stereocenters. The van der Waals surface area contributed by atoms with E-state index in [1.807, 2.05) is 30.3 Å². The summed E-state index contributed by atoms with van der Waals surface area (Å²) in [4.78, 5) is 12.3. The first kappa shape index (κ1) is 9.35. The molecule has 86 valence electrons. The molecule has 0 fully saturated rings. The second-order valence-corrected chi connectivity index (χ2v) is 4.25. The fourth-order valence-corrected chi connectivity index (χ4v) is 2.52. The van der Waals surface area contributed by atoms with Gasteiger partial charge in [-0.25, -0.2) is 0 Å². The zero-order valence-electron chi connectivity index (χ0n) is 9.29. The van der Waals surface area contributed by atoms with Crippen molar-refractivity contribution in [3.05, 3.63) is 46.8 Å². The van der Waals surface area contributed by atoms with Gasteiger partial charge < -0.3 is 5.73 Å². The third kappa shape index (κ3) is 0.940. The number of hydrogen-bond acceptors (Lipinski definition) is 4. The Morgan fingerprint density at radius 2 is 1.78 bits per heavy atom. The first-order chi connectivity index (χ1) is 8.77. The second-order valence-electron chi connectivity index (χ2n) is 4.25. The molecule has 0 atom stereocenters. The first-order valence-corrected chi connectivity index (χ1v) is 5.55. The van der Waals surface area contributed by atoms with E-state index >= 15 is 0 Å². The average molecular weight is 236 g/mol. The van der Waals surface area contributed by atoms with Gasteiger partial charge in [-0.15, -0.1) is 5.10 Å². The Bertz CT molecular complexity index is 952. The number of aromatic nitrogens is 3. The lowest BCUT2D eigenvalue weighted by Gasteiger charge is -2.05. The average Bonchev–Trinajstić information content (AvgIpc) is 2.78. The van der Waals surface area contributed by atoms with Gasteiger partial charge in [0.25, 0.3) is 5.56 Å². The lowest BCUT2D eigenvalue weighted by atomic mass is 10.0. The normalized spacial score (nSPS) is 11.8. The molecule has 0 saturated heterocycles. The van der Waals surface area contributed by atoms with Gasteiger partial charge in [0, 0.05) is 10.8 Å². The van der Waals surface area contributed by atoms with E-state index in [4.69, 9.17) is 5.73 Å². The number of nitrogens with zero attached hydrogens (tertiary/aromatic N) is 3. The molecule has 2 heterocycles. The summed E-state index contributed by atoms with van der Waals surface area (Å²) in [5.41, 5.74) is 6.21. The van der Waals surface area contributed by atoms with Crippen molar-refractivity contribution in [2.45, 2.75) is 0 Å². The number of hydrogen-bond donors (Lipinski definition) is 1. The number of anilines is 1. The monoisotopic (exact) mass is 236 g/mol. The second kappa shape index (κ2) is 2.95.